The van der Waals surface area contributed by atoms with Crippen LogP contribution >= 0.6 is 11.3 Å². The average molecular weight is 268 g/mol. The number of aromatic nitrogens is 1. The van der Waals surface area contributed by atoms with Crippen molar-refractivity contribution in [2.24, 2.45) is 5.73 Å². The van der Waals surface area contributed by atoms with E-state index in [0.717, 1.165) is 37.0 Å². The van der Waals surface area contributed by atoms with Crippen molar-refractivity contribution >= 4 is 22.4 Å². The second-order valence-corrected chi connectivity index (χ2v) is 5.92. The Balaban J connectivity index is 1.96. The van der Waals surface area contributed by atoms with E-state index in [0.29, 0.717) is 0 Å². The number of nitrogens with zero attached hydrogens (tertiary/aromatic N) is 3. The molecule has 0 aliphatic carbocycles. The molecule has 0 unspecified atom stereocenters. The van der Waals surface area contributed by atoms with E-state index >= 15 is 0 Å². The molecule has 18 heavy (non-hydrogen) atoms. The molecular formula is C12H20N4OS. The Kier molecular flexibility index (Phi) is 3.87. The molecule has 0 spiro atoms. The van der Waals surface area contributed by atoms with Crippen LogP contribution in [0.25, 0.3) is 0 Å². The number of anilines is 1. The minimum atomic E-state index is -0.402. The predicted molar refractivity (Wildman–Crippen MR) is 74.0 cm³/mol. The van der Waals surface area contributed by atoms with Crippen molar-refractivity contribution < 1.29 is 4.79 Å². The molecule has 1 amide bonds. The molecule has 1 aliphatic rings. The molecule has 0 bridgehead atoms. The lowest BCUT2D eigenvalue weighted by Gasteiger charge is -2.35. The van der Waals surface area contributed by atoms with Crippen molar-refractivity contribution in [3.8, 4) is 0 Å². The van der Waals surface area contributed by atoms with Crippen LogP contribution in [-0.2, 0) is 4.79 Å². The highest BCUT2D eigenvalue weighted by Gasteiger charge is 2.24. The molecule has 0 aromatic carbocycles. The summed E-state index contributed by atoms with van der Waals surface area (Å²) in [5.41, 5.74) is 6.72. The third kappa shape index (κ3) is 2.64. The molecule has 2 rings (SSSR count). The monoisotopic (exact) mass is 268 g/mol. The lowest BCUT2D eigenvalue weighted by Crippen LogP contribution is -2.52. The Labute approximate surface area is 112 Å². The van der Waals surface area contributed by atoms with E-state index < -0.39 is 6.04 Å². The van der Waals surface area contributed by atoms with Crippen molar-refractivity contribution in [2.75, 3.05) is 31.1 Å². The van der Waals surface area contributed by atoms with E-state index in [4.69, 9.17) is 5.73 Å². The number of aryl methyl sites for hydroxylation is 2. The van der Waals surface area contributed by atoms with Gasteiger partial charge in [0.15, 0.2) is 5.13 Å². The Morgan fingerprint density at radius 3 is 2.39 bits per heavy atom. The SMILES string of the molecule is Cc1nc(N2CCN(C(=O)[C@H](C)N)CC2)sc1C. The minimum absolute atomic E-state index is 0.0427. The van der Waals surface area contributed by atoms with Crippen LogP contribution in [0, 0.1) is 13.8 Å². The van der Waals surface area contributed by atoms with Crippen molar-refractivity contribution in [1.82, 2.24) is 9.88 Å². The fraction of sp³-hybridized carbons (Fsp3) is 0.667. The van der Waals surface area contributed by atoms with E-state index in [-0.39, 0.29) is 5.91 Å². The number of hydrogen-bond acceptors (Lipinski definition) is 5. The molecule has 1 atom stereocenters. The standard InChI is InChI=1S/C12H20N4OS/c1-8(13)11(17)15-4-6-16(7-5-15)12-14-9(2)10(3)18-12/h8H,4-7,13H2,1-3H3/t8-/m0/s1. The van der Waals surface area contributed by atoms with Gasteiger partial charge in [0, 0.05) is 31.1 Å². The van der Waals surface area contributed by atoms with Crippen LogP contribution in [0.1, 0.15) is 17.5 Å². The Hall–Kier alpha value is -1.14. The van der Waals surface area contributed by atoms with E-state index in [1.807, 2.05) is 11.8 Å². The van der Waals surface area contributed by atoms with Gasteiger partial charge in [-0.15, -0.1) is 11.3 Å². The summed E-state index contributed by atoms with van der Waals surface area (Å²) in [6.45, 7) is 9.01. The molecule has 1 saturated heterocycles. The summed E-state index contributed by atoms with van der Waals surface area (Å²) < 4.78 is 0. The van der Waals surface area contributed by atoms with Crippen molar-refractivity contribution in [1.29, 1.82) is 0 Å². The fourth-order valence-electron chi connectivity index (χ4n) is 2.00. The Morgan fingerprint density at radius 1 is 1.33 bits per heavy atom. The summed E-state index contributed by atoms with van der Waals surface area (Å²) in [6, 6.07) is -0.402. The summed E-state index contributed by atoms with van der Waals surface area (Å²) >= 11 is 1.72. The molecule has 0 saturated carbocycles. The Bertz CT molecular complexity index is 416. The van der Waals surface area contributed by atoms with Gasteiger partial charge >= 0.3 is 0 Å². The zero-order valence-electron chi connectivity index (χ0n) is 11.1. The molecule has 2 heterocycles. The van der Waals surface area contributed by atoms with Gasteiger partial charge in [0.1, 0.15) is 0 Å². The average Bonchev–Trinajstić information content (AvgIpc) is 2.69. The first kappa shape index (κ1) is 13.3. The number of piperazine rings is 1. The van der Waals surface area contributed by atoms with Crippen molar-refractivity contribution in [2.45, 2.75) is 26.8 Å². The first-order valence-electron chi connectivity index (χ1n) is 6.22. The number of carbonyl (C=O) groups is 1. The maximum atomic E-state index is 11.8. The van der Waals surface area contributed by atoms with Gasteiger partial charge in [-0.25, -0.2) is 4.98 Å². The summed E-state index contributed by atoms with van der Waals surface area (Å²) in [6.07, 6.45) is 0. The van der Waals surface area contributed by atoms with E-state index in [9.17, 15) is 4.79 Å². The summed E-state index contributed by atoms with van der Waals surface area (Å²) in [7, 11) is 0. The molecular weight excluding hydrogens is 248 g/mol. The molecule has 0 radical (unpaired) electrons. The number of amides is 1. The van der Waals surface area contributed by atoms with E-state index in [1.165, 1.54) is 4.88 Å². The van der Waals surface area contributed by atoms with E-state index in [2.05, 4.69) is 16.8 Å². The largest absolute Gasteiger partial charge is 0.345 e. The fourth-order valence-corrected chi connectivity index (χ4v) is 2.96. The van der Waals surface area contributed by atoms with Crippen LogP contribution in [0.2, 0.25) is 0 Å². The van der Waals surface area contributed by atoms with Crippen LogP contribution in [0.4, 0.5) is 5.13 Å². The zero-order chi connectivity index (χ0) is 13.3. The lowest BCUT2D eigenvalue weighted by atomic mass is 10.2. The molecule has 1 fully saturated rings. The van der Waals surface area contributed by atoms with Crippen LogP contribution in [0.5, 0.6) is 0 Å². The molecule has 5 nitrogen and oxygen atoms in total. The maximum absolute atomic E-state index is 11.8. The molecule has 1 aromatic heterocycles. The molecule has 100 valence electrons. The number of hydrogen-bond donors (Lipinski definition) is 1. The molecule has 1 aromatic rings. The quantitative estimate of drug-likeness (QED) is 0.860. The highest BCUT2D eigenvalue weighted by Crippen LogP contribution is 2.25. The minimum Gasteiger partial charge on any atom is -0.345 e. The van der Waals surface area contributed by atoms with Gasteiger partial charge in [-0.3, -0.25) is 4.79 Å². The smallest absolute Gasteiger partial charge is 0.239 e. The van der Waals surface area contributed by atoms with Crippen LogP contribution in [0.3, 0.4) is 0 Å². The number of rotatable bonds is 2. The maximum Gasteiger partial charge on any atom is 0.239 e. The molecule has 2 N–H and O–H groups in total. The normalized spacial score (nSPS) is 18.0. The third-order valence-corrected chi connectivity index (χ3v) is 4.40. The Morgan fingerprint density at radius 2 is 1.94 bits per heavy atom. The lowest BCUT2D eigenvalue weighted by molar-refractivity contribution is -0.132. The first-order chi connectivity index (χ1) is 8.49. The summed E-state index contributed by atoms with van der Waals surface area (Å²) in [5.74, 6) is 0.0427. The van der Waals surface area contributed by atoms with Crippen LogP contribution in [0.15, 0.2) is 0 Å². The highest BCUT2D eigenvalue weighted by molar-refractivity contribution is 7.15. The number of nitrogens with two attached hydrogens (primary N) is 1. The van der Waals surface area contributed by atoms with Gasteiger partial charge in [0.05, 0.1) is 11.7 Å². The molecule has 1 aliphatic heterocycles. The zero-order valence-corrected chi connectivity index (χ0v) is 12.0. The van der Waals surface area contributed by atoms with Gasteiger partial charge in [-0.05, 0) is 20.8 Å². The predicted octanol–water partition coefficient (Wildman–Crippen LogP) is 0.756. The van der Waals surface area contributed by atoms with Gasteiger partial charge in [0.2, 0.25) is 5.91 Å². The van der Waals surface area contributed by atoms with Crippen LogP contribution < -0.4 is 10.6 Å². The third-order valence-electron chi connectivity index (χ3n) is 3.27. The summed E-state index contributed by atoms with van der Waals surface area (Å²) in [4.78, 5) is 21.7. The van der Waals surface area contributed by atoms with E-state index in [1.54, 1.807) is 18.3 Å². The number of thiazole rings is 1. The topological polar surface area (TPSA) is 62.5 Å². The van der Waals surface area contributed by atoms with Crippen molar-refractivity contribution in [3.05, 3.63) is 10.6 Å². The molecule has 6 heteroatoms. The second-order valence-electron chi connectivity index (χ2n) is 4.74. The van der Waals surface area contributed by atoms with Crippen molar-refractivity contribution in [3.63, 3.8) is 0 Å². The summed E-state index contributed by atoms with van der Waals surface area (Å²) in [5, 5.41) is 1.07. The van der Waals surface area contributed by atoms with Crippen LogP contribution in [-0.4, -0.2) is 48.0 Å². The highest BCUT2D eigenvalue weighted by atomic mass is 32.1. The second kappa shape index (κ2) is 5.24. The van der Waals surface area contributed by atoms with Gasteiger partial charge in [-0.2, -0.15) is 0 Å². The first-order valence-corrected chi connectivity index (χ1v) is 7.04. The van der Waals surface area contributed by atoms with Gasteiger partial charge in [0.25, 0.3) is 0 Å². The van der Waals surface area contributed by atoms with Gasteiger partial charge < -0.3 is 15.5 Å². The number of carbonyl (C=O) groups excluding carboxylic acids is 1. The van der Waals surface area contributed by atoms with Gasteiger partial charge in [-0.1, -0.05) is 0 Å².